The number of piperidine rings is 1. The van der Waals surface area contributed by atoms with Crippen LogP contribution in [0, 0.1) is 17.8 Å². The molecule has 0 bridgehead atoms. The van der Waals surface area contributed by atoms with Gasteiger partial charge in [0.25, 0.3) is 0 Å². The molecule has 0 amide bonds. The summed E-state index contributed by atoms with van der Waals surface area (Å²) < 4.78 is 5.36. The summed E-state index contributed by atoms with van der Waals surface area (Å²) in [5, 5.41) is 0. The van der Waals surface area contributed by atoms with E-state index in [4.69, 9.17) is 4.74 Å². The molecule has 2 heterocycles. The average Bonchev–Trinajstić information content (AvgIpc) is 2.74. The summed E-state index contributed by atoms with van der Waals surface area (Å²) in [7, 11) is 0. The topological polar surface area (TPSA) is 12.5 Å². The van der Waals surface area contributed by atoms with Crippen molar-refractivity contribution in [3.8, 4) is 0 Å². The van der Waals surface area contributed by atoms with Gasteiger partial charge in [0, 0.05) is 13.2 Å². The van der Waals surface area contributed by atoms with E-state index in [2.05, 4.69) is 32.6 Å². The average molecular weight is 398 g/mol. The van der Waals surface area contributed by atoms with Gasteiger partial charge in [-0.25, -0.2) is 0 Å². The Kier molecular flexibility index (Phi) is 20.1. The van der Waals surface area contributed by atoms with Crippen LogP contribution >= 0.6 is 0 Å². The molecule has 170 valence electrons. The van der Waals surface area contributed by atoms with Crippen molar-refractivity contribution in [1.29, 1.82) is 0 Å². The van der Waals surface area contributed by atoms with Gasteiger partial charge in [0.2, 0.25) is 0 Å². The summed E-state index contributed by atoms with van der Waals surface area (Å²) in [6, 6.07) is 0. The molecule has 0 aromatic rings. The minimum Gasteiger partial charge on any atom is -0.381 e. The molecule has 1 atom stereocenters. The third kappa shape index (κ3) is 16.8. The molecule has 2 fully saturated rings. The Labute approximate surface area is 179 Å². The molecule has 2 nitrogen and oxygen atoms in total. The first-order chi connectivity index (χ1) is 13.6. The van der Waals surface area contributed by atoms with E-state index in [9.17, 15) is 0 Å². The number of likely N-dealkylation sites (tertiary alicyclic amines) is 1. The highest BCUT2D eigenvalue weighted by atomic mass is 16.5. The standard InChI is InChI=1S/C13H26O.C11H23N.C2H6/c1-3-12(2)6-4-5-7-13-8-10-14-11-9-13;1-11(2)7-6-10-12-8-4-3-5-9-12;1-2/h12-13H,3-11H2,1-2H3;11H,3-10H2,1-2H3;1-2H3. The Morgan fingerprint density at radius 3 is 2.07 bits per heavy atom. The zero-order valence-electron chi connectivity index (χ0n) is 20.6. The molecule has 0 radical (unpaired) electrons. The highest BCUT2D eigenvalue weighted by Gasteiger charge is 2.13. The molecule has 0 aromatic heterocycles. The van der Waals surface area contributed by atoms with E-state index >= 15 is 0 Å². The van der Waals surface area contributed by atoms with E-state index in [0.29, 0.717) is 0 Å². The van der Waals surface area contributed by atoms with Crippen LogP contribution < -0.4 is 0 Å². The number of nitrogens with zero attached hydrogens (tertiary/aromatic N) is 1. The van der Waals surface area contributed by atoms with Gasteiger partial charge in [-0.05, 0) is 75.9 Å². The van der Waals surface area contributed by atoms with E-state index in [-0.39, 0.29) is 0 Å². The minimum atomic E-state index is 0.884. The number of ether oxygens (including phenoxy) is 1. The van der Waals surface area contributed by atoms with Crippen molar-refractivity contribution in [2.45, 2.75) is 119 Å². The van der Waals surface area contributed by atoms with E-state index in [1.54, 1.807) is 0 Å². The quantitative estimate of drug-likeness (QED) is 0.347. The van der Waals surface area contributed by atoms with Crippen LogP contribution in [0.5, 0.6) is 0 Å². The van der Waals surface area contributed by atoms with Crippen LogP contribution in [0.4, 0.5) is 0 Å². The van der Waals surface area contributed by atoms with Crippen molar-refractivity contribution in [3.63, 3.8) is 0 Å². The van der Waals surface area contributed by atoms with Gasteiger partial charge in [0.05, 0.1) is 0 Å². The highest BCUT2D eigenvalue weighted by molar-refractivity contribution is 4.65. The first-order valence-corrected chi connectivity index (χ1v) is 12.9. The maximum Gasteiger partial charge on any atom is 0.0468 e. The molecule has 2 aliphatic heterocycles. The van der Waals surface area contributed by atoms with Gasteiger partial charge in [0.15, 0.2) is 0 Å². The maximum atomic E-state index is 5.36. The molecule has 0 aromatic carbocycles. The second-order valence-corrected chi connectivity index (χ2v) is 9.29. The largest absolute Gasteiger partial charge is 0.381 e. The molecular weight excluding hydrogens is 342 g/mol. The van der Waals surface area contributed by atoms with E-state index in [1.165, 1.54) is 96.7 Å². The zero-order valence-corrected chi connectivity index (χ0v) is 20.6. The predicted octanol–water partition coefficient (Wildman–Crippen LogP) is 7.95. The predicted molar refractivity (Wildman–Crippen MR) is 127 cm³/mol. The van der Waals surface area contributed by atoms with Crippen LogP contribution in [0.2, 0.25) is 0 Å². The lowest BCUT2D eigenvalue weighted by Gasteiger charge is -2.26. The summed E-state index contributed by atoms with van der Waals surface area (Å²) in [5.41, 5.74) is 0. The van der Waals surface area contributed by atoms with Crippen LogP contribution in [0.3, 0.4) is 0 Å². The summed E-state index contributed by atoms with van der Waals surface area (Å²) >= 11 is 0. The van der Waals surface area contributed by atoms with Crippen molar-refractivity contribution < 1.29 is 4.74 Å². The van der Waals surface area contributed by atoms with Gasteiger partial charge in [-0.15, -0.1) is 0 Å². The highest BCUT2D eigenvalue weighted by Crippen LogP contribution is 2.22. The summed E-state index contributed by atoms with van der Waals surface area (Å²) in [4.78, 5) is 2.63. The minimum absolute atomic E-state index is 0.884. The molecule has 2 saturated heterocycles. The summed E-state index contributed by atoms with van der Waals surface area (Å²) in [5.74, 6) is 2.79. The molecule has 0 aliphatic carbocycles. The summed E-state index contributed by atoms with van der Waals surface area (Å²) in [6.07, 6.45) is 16.8. The van der Waals surface area contributed by atoms with Crippen molar-refractivity contribution in [2.75, 3.05) is 32.8 Å². The summed E-state index contributed by atoms with van der Waals surface area (Å²) in [6.45, 7) is 19.4. The van der Waals surface area contributed by atoms with E-state index in [1.807, 2.05) is 13.8 Å². The Morgan fingerprint density at radius 2 is 1.50 bits per heavy atom. The number of hydrogen-bond acceptors (Lipinski definition) is 2. The van der Waals surface area contributed by atoms with Crippen molar-refractivity contribution in [2.24, 2.45) is 17.8 Å². The first kappa shape index (κ1) is 27.9. The Hall–Kier alpha value is -0.0800. The lowest BCUT2D eigenvalue weighted by atomic mass is 9.92. The Bertz CT molecular complexity index is 293. The van der Waals surface area contributed by atoms with Crippen LogP contribution in [0.25, 0.3) is 0 Å². The molecule has 0 N–H and O–H groups in total. The monoisotopic (exact) mass is 397 g/mol. The Balaban J connectivity index is 0.000000483. The fraction of sp³-hybridized carbons (Fsp3) is 1.00. The van der Waals surface area contributed by atoms with Crippen LogP contribution in [-0.4, -0.2) is 37.7 Å². The molecular formula is C26H55NO. The maximum absolute atomic E-state index is 5.36. The fourth-order valence-electron chi connectivity index (χ4n) is 4.07. The molecule has 1 unspecified atom stereocenters. The molecule has 28 heavy (non-hydrogen) atoms. The van der Waals surface area contributed by atoms with Crippen LogP contribution in [0.15, 0.2) is 0 Å². The molecule has 2 heteroatoms. The smallest absolute Gasteiger partial charge is 0.0468 e. The first-order valence-electron chi connectivity index (χ1n) is 12.9. The van der Waals surface area contributed by atoms with Crippen molar-refractivity contribution in [1.82, 2.24) is 4.90 Å². The fourth-order valence-corrected chi connectivity index (χ4v) is 4.07. The Morgan fingerprint density at radius 1 is 0.857 bits per heavy atom. The van der Waals surface area contributed by atoms with Gasteiger partial charge in [-0.1, -0.05) is 80.1 Å². The van der Waals surface area contributed by atoms with Crippen molar-refractivity contribution >= 4 is 0 Å². The molecule has 0 spiro atoms. The van der Waals surface area contributed by atoms with Gasteiger partial charge in [0.1, 0.15) is 0 Å². The van der Waals surface area contributed by atoms with Crippen LogP contribution in [0.1, 0.15) is 119 Å². The second-order valence-electron chi connectivity index (χ2n) is 9.29. The number of unbranched alkanes of at least 4 members (excludes halogenated alkanes) is 1. The van der Waals surface area contributed by atoms with Gasteiger partial charge < -0.3 is 9.64 Å². The van der Waals surface area contributed by atoms with Crippen molar-refractivity contribution in [3.05, 3.63) is 0 Å². The lowest BCUT2D eigenvalue weighted by Crippen LogP contribution is -2.30. The zero-order chi connectivity index (χ0) is 21.0. The number of hydrogen-bond donors (Lipinski definition) is 0. The SMILES string of the molecule is CC.CC(C)CCCN1CCCCC1.CCC(C)CCCCC1CCOCC1. The van der Waals surface area contributed by atoms with E-state index in [0.717, 1.165) is 31.0 Å². The van der Waals surface area contributed by atoms with Crippen LogP contribution in [-0.2, 0) is 4.74 Å². The van der Waals surface area contributed by atoms with E-state index < -0.39 is 0 Å². The number of rotatable bonds is 10. The third-order valence-electron chi connectivity index (χ3n) is 6.30. The second kappa shape index (κ2) is 20.2. The molecule has 2 aliphatic rings. The molecule has 2 rings (SSSR count). The van der Waals surface area contributed by atoms with Gasteiger partial charge in [-0.3, -0.25) is 0 Å². The third-order valence-corrected chi connectivity index (χ3v) is 6.30. The normalized spacial score (nSPS) is 19.4. The van der Waals surface area contributed by atoms with Gasteiger partial charge in [-0.2, -0.15) is 0 Å². The lowest BCUT2D eigenvalue weighted by molar-refractivity contribution is 0.0630. The van der Waals surface area contributed by atoms with Gasteiger partial charge >= 0.3 is 0 Å². The molecule has 0 saturated carbocycles.